The highest BCUT2D eigenvalue weighted by atomic mass is 32.1. The van der Waals surface area contributed by atoms with Gasteiger partial charge < -0.3 is 15.5 Å². The van der Waals surface area contributed by atoms with Crippen molar-refractivity contribution in [3.05, 3.63) is 0 Å². The third kappa shape index (κ3) is 7.28. The number of hydrogen-bond donors (Lipinski definition) is 1. The molecule has 0 rings (SSSR count). The van der Waals surface area contributed by atoms with Gasteiger partial charge in [0.2, 0.25) is 5.91 Å². The number of hydrogen-bond acceptors (Lipinski definition) is 3. The minimum Gasteiger partial charge on any atom is -0.393 e. The van der Waals surface area contributed by atoms with Crippen molar-refractivity contribution < 1.29 is 4.79 Å². The van der Waals surface area contributed by atoms with E-state index >= 15 is 0 Å². The molecule has 0 spiro atoms. The number of carbonyl (C=O) groups is 1. The van der Waals surface area contributed by atoms with Crippen molar-refractivity contribution in [1.82, 2.24) is 9.80 Å². The van der Waals surface area contributed by atoms with E-state index < -0.39 is 0 Å². The zero-order valence-electron chi connectivity index (χ0n) is 11.2. The number of carbonyl (C=O) groups excluding carboxylic acids is 1. The van der Waals surface area contributed by atoms with Crippen LogP contribution >= 0.6 is 12.2 Å². The summed E-state index contributed by atoms with van der Waals surface area (Å²) in [6.07, 6.45) is 1.15. The third-order valence-electron chi connectivity index (χ3n) is 2.86. The van der Waals surface area contributed by atoms with Crippen LogP contribution in [0.4, 0.5) is 0 Å². The average molecular weight is 259 g/mol. The molecular formula is C12H25N3OS. The fourth-order valence-corrected chi connectivity index (χ4v) is 1.72. The smallest absolute Gasteiger partial charge is 0.222 e. The lowest BCUT2D eigenvalue weighted by Gasteiger charge is -2.26. The molecule has 0 heterocycles. The molecule has 0 aromatic carbocycles. The Labute approximate surface area is 110 Å². The first-order valence-electron chi connectivity index (χ1n) is 6.33. The standard InChI is InChI=1S/C12H25N3OS/c1-4-12(16)15(8-7-11(13)17)10-9-14(5-2)6-3/h4-10H2,1-3H3,(H2,13,17). The largest absolute Gasteiger partial charge is 0.393 e. The molecule has 0 aliphatic rings. The van der Waals surface area contributed by atoms with E-state index in [0.717, 1.165) is 26.2 Å². The number of rotatable bonds is 9. The second-order valence-electron chi connectivity index (χ2n) is 3.98. The summed E-state index contributed by atoms with van der Waals surface area (Å²) < 4.78 is 0. The first kappa shape index (κ1) is 16.3. The minimum atomic E-state index is 0.174. The number of likely N-dealkylation sites (N-methyl/N-ethyl adjacent to an activating group) is 1. The summed E-state index contributed by atoms with van der Waals surface area (Å²) in [6.45, 7) is 10.5. The Hall–Kier alpha value is -0.680. The van der Waals surface area contributed by atoms with Gasteiger partial charge in [-0.15, -0.1) is 0 Å². The van der Waals surface area contributed by atoms with Crippen molar-refractivity contribution in [3.63, 3.8) is 0 Å². The fourth-order valence-electron chi connectivity index (χ4n) is 1.63. The summed E-state index contributed by atoms with van der Waals surface area (Å²) in [5, 5.41) is 0. The van der Waals surface area contributed by atoms with Gasteiger partial charge in [0.25, 0.3) is 0 Å². The second kappa shape index (κ2) is 9.36. The van der Waals surface area contributed by atoms with Crippen LogP contribution in [0.2, 0.25) is 0 Å². The summed E-state index contributed by atoms with van der Waals surface area (Å²) in [4.78, 5) is 16.4. The van der Waals surface area contributed by atoms with Gasteiger partial charge in [-0.2, -0.15) is 0 Å². The molecule has 4 nitrogen and oxygen atoms in total. The summed E-state index contributed by atoms with van der Waals surface area (Å²) in [7, 11) is 0. The van der Waals surface area contributed by atoms with Crippen molar-refractivity contribution in [2.24, 2.45) is 5.73 Å². The van der Waals surface area contributed by atoms with E-state index in [2.05, 4.69) is 18.7 Å². The van der Waals surface area contributed by atoms with E-state index in [1.54, 1.807) is 0 Å². The SMILES string of the molecule is CCC(=O)N(CCC(N)=S)CCN(CC)CC. The predicted octanol–water partition coefficient (Wildman–Crippen LogP) is 1.24. The molecule has 17 heavy (non-hydrogen) atoms. The lowest BCUT2D eigenvalue weighted by Crippen LogP contribution is -2.39. The molecule has 0 aliphatic heterocycles. The van der Waals surface area contributed by atoms with Crippen molar-refractivity contribution in [3.8, 4) is 0 Å². The van der Waals surface area contributed by atoms with Crippen LogP contribution in [0.25, 0.3) is 0 Å². The monoisotopic (exact) mass is 259 g/mol. The lowest BCUT2D eigenvalue weighted by atomic mass is 10.3. The molecule has 0 unspecified atom stereocenters. The highest BCUT2D eigenvalue weighted by Crippen LogP contribution is 1.98. The van der Waals surface area contributed by atoms with Gasteiger partial charge in [0.1, 0.15) is 0 Å². The molecular weight excluding hydrogens is 234 g/mol. The van der Waals surface area contributed by atoms with Crippen molar-refractivity contribution in [2.75, 3.05) is 32.7 Å². The van der Waals surface area contributed by atoms with Crippen LogP contribution in [0.5, 0.6) is 0 Å². The highest BCUT2D eigenvalue weighted by Gasteiger charge is 2.12. The van der Waals surface area contributed by atoms with Crippen LogP contribution in [0.1, 0.15) is 33.6 Å². The Bertz CT molecular complexity index is 242. The van der Waals surface area contributed by atoms with E-state index in [-0.39, 0.29) is 5.91 Å². The maximum Gasteiger partial charge on any atom is 0.222 e. The van der Waals surface area contributed by atoms with Gasteiger partial charge in [-0.3, -0.25) is 4.79 Å². The van der Waals surface area contributed by atoms with Gasteiger partial charge in [-0.1, -0.05) is 33.0 Å². The maximum atomic E-state index is 11.7. The Balaban J connectivity index is 4.18. The van der Waals surface area contributed by atoms with Crippen molar-refractivity contribution >= 4 is 23.1 Å². The second-order valence-corrected chi connectivity index (χ2v) is 4.50. The Kier molecular flexibility index (Phi) is 8.99. The maximum absolute atomic E-state index is 11.7. The normalized spacial score (nSPS) is 10.6. The molecule has 0 bridgehead atoms. The number of nitrogens with zero attached hydrogens (tertiary/aromatic N) is 2. The number of amides is 1. The van der Waals surface area contributed by atoms with Gasteiger partial charge in [0.15, 0.2) is 0 Å². The molecule has 100 valence electrons. The van der Waals surface area contributed by atoms with Gasteiger partial charge in [0, 0.05) is 32.5 Å². The van der Waals surface area contributed by atoms with Crippen molar-refractivity contribution in [1.29, 1.82) is 0 Å². The van der Waals surface area contributed by atoms with Gasteiger partial charge in [-0.05, 0) is 13.1 Å². The number of thiocarbonyl (C=S) groups is 1. The van der Waals surface area contributed by atoms with Crippen LogP contribution < -0.4 is 5.73 Å². The Morgan fingerprint density at radius 1 is 1.12 bits per heavy atom. The van der Waals surface area contributed by atoms with Crippen LogP contribution in [-0.4, -0.2) is 53.4 Å². The quantitative estimate of drug-likeness (QED) is 0.633. The first-order chi connectivity index (χ1) is 8.04. The molecule has 0 saturated carbocycles. The van der Waals surface area contributed by atoms with Crippen LogP contribution in [0.15, 0.2) is 0 Å². The van der Waals surface area contributed by atoms with E-state index in [4.69, 9.17) is 18.0 Å². The molecule has 1 amide bonds. The zero-order chi connectivity index (χ0) is 13.3. The molecule has 5 heteroatoms. The molecule has 0 aromatic heterocycles. The summed E-state index contributed by atoms with van der Waals surface area (Å²) >= 11 is 4.85. The van der Waals surface area contributed by atoms with Crippen LogP contribution in [0.3, 0.4) is 0 Å². The zero-order valence-corrected chi connectivity index (χ0v) is 12.1. The molecule has 0 atom stereocenters. The van der Waals surface area contributed by atoms with Crippen LogP contribution in [-0.2, 0) is 4.79 Å². The van der Waals surface area contributed by atoms with Crippen molar-refractivity contribution in [2.45, 2.75) is 33.6 Å². The van der Waals surface area contributed by atoms with E-state index in [1.807, 2.05) is 11.8 Å². The van der Waals surface area contributed by atoms with E-state index in [0.29, 0.717) is 24.4 Å². The summed E-state index contributed by atoms with van der Waals surface area (Å²) in [6, 6.07) is 0. The third-order valence-corrected chi connectivity index (χ3v) is 3.07. The number of nitrogens with two attached hydrogens (primary N) is 1. The summed E-state index contributed by atoms with van der Waals surface area (Å²) in [5.41, 5.74) is 5.47. The molecule has 0 aromatic rings. The summed E-state index contributed by atoms with van der Waals surface area (Å²) in [5.74, 6) is 0.174. The van der Waals surface area contributed by atoms with Gasteiger partial charge >= 0.3 is 0 Å². The van der Waals surface area contributed by atoms with E-state index in [1.165, 1.54) is 0 Å². The minimum absolute atomic E-state index is 0.174. The van der Waals surface area contributed by atoms with Crippen LogP contribution in [0, 0.1) is 0 Å². The van der Waals surface area contributed by atoms with Gasteiger partial charge in [-0.25, -0.2) is 0 Å². The molecule has 0 saturated heterocycles. The fraction of sp³-hybridized carbons (Fsp3) is 0.833. The molecule has 0 fully saturated rings. The molecule has 0 radical (unpaired) electrons. The average Bonchev–Trinajstić information content (AvgIpc) is 2.32. The van der Waals surface area contributed by atoms with E-state index in [9.17, 15) is 4.79 Å². The van der Waals surface area contributed by atoms with Gasteiger partial charge in [0.05, 0.1) is 4.99 Å². The molecule has 0 aliphatic carbocycles. The predicted molar refractivity (Wildman–Crippen MR) is 76.1 cm³/mol. The highest BCUT2D eigenvalue weighted by molar-refractivity contribution is 7.80. The topological polar surface area (TPSA) is 49.6 Å². The molecule has 2 N–H and O–H groups in total. The first-order valence-corrected chi connectivity index (χ1v) is 6.74. The lowest BCUT2D eigenvalue weighted by molar-refractivity contribution is -0.131. The Morgan fingerprint density at radius 2 is 1.71 bits per heavy atom. The Morgan fingerprint density at radius 3 is 2.12 bits per heavy atom.